The number of fused-ring (bicyclic) bond motifs is 1. The van der Waals surface area contributed by atoms with Crippen molar-refractivity contribution >= 4 is 0 Å². The third-order valence-electron chi connectivity index (χ3n) is 3.24. The lowest BCUT2D eigenvalue weighted by Crippen LogP contribution is -2.22. The fourth-order valence-corrected chi connectivity index (χ4v) is 2.30. The molecule has 0 spiro atoms. The van der Waals surface area contributed by atoms with Crippen molar-refractivity contribution in [2.75, 3.05) is 13.7 Å². The van der Waals surface area contributed by atoms with E-state index in [0.717, 1.165) is 25.3 Å². The van der Waals surface area contributed by atoms with E-state index in [1.165, 1.54) is 22.5 Å². The molecule has 0 unspecified atom stereocenters. The normalized spacial score (nSPS) is 14.4. The van der Waals surface area contributed by atoms with Crippen LogP contribution in [-0.4, -0.2) is 18.6 Å². The summed E-state index contributed by atoms with van der Waals surface area (Å²) in [6, 6.07) is 10.4. The topological polar surface area (TPSA) is 37.0 Å². The van der Waals surface area contributed by atoms with E-state index in [9.17, 15) is 0 Å². The Morgan fingerprint density at radius 1 is 1.24 bits per heavy atom. The summed E-state index contributed by atoms with van der Waals surface area (Å²) in [4.78, 5) is 3.51. The van der Waals surface area contributed by atoms with Gasteiger partial charge in [-0.05, 0) is 23.8 Å². The lowest BCUT2D eigenvalue weighted by atomic mass is 10.1. The molecule has 1 aliphatic rings. The van der Waals surface area contributed by atoms with E-state index >= 15 is 0 Å². The molecule has 1 aromatic carbocycles. The number of nitrogens with one attached hydrogen (secondary N) is 2. The maximum atomic E-state index is 5.25. The van der Waals surface area contributed by atoms with Crippen molar-refractivity contribution < 1.29 is 4.74 Å². The number of benzene rings is 1. The van der Waals surface area contributed by atoms with Crippen LogP contribution in [0.1, 0.15) is 11.3 Å². The van der Waals surface area contributed by atoms with Crippen LogP contribution in [0.4, 0.5) is 0 Å². The molecular weight excluding hydrogens is 212 g/mol. The summed E-state index contributed by atoms with van der Waals surface area (Å²) in [5, 5.41) is 3.38. The van der Waals surface area contributed by atoms with Crippen molar-refractivity contribution in [1.82, 2.24) is 10.3 Å². The molecule has 0 saturated heterocycles. The van der Waals surface area contributed by atoms with Gasteiger partial charge >= 0.3 is 0 Å². The second-order valence-corrected chi connectivity index (χ2v) is 4.35. The first-order chi connectivity index (χ1) is 8.36. The van der Waals surface area contributed by atoms with Gasteiger partial charge in [0.2, 0.25) is 0 Å². The Kier molecular flexibility index (Phi) is 2.61. The van der Waals surface area contributed by atoms with Gasteiger partial charge in [-0.25, -0.2) is 0 Å². The number of rotatable bonds is 2. The van der Waals surface area contributed by atoms with Crippen LogP contribution in [0.15, 0.2) is 30.3 Å². The van der Waals surface area contributed by atoms with Gasteiger partial charge in [0, 0.05) is 36.5 Å². The van der Waals surface area contributed by atoms with Gasteiger partial charge in [0.25, 0.3) is 0 Å². The summed E-state index contributed by atoms with van der Waals surface area (Å²) in [6.45, 7) is 2.03. The molecule has 1 aromatic heterocycles. The van der Waals surface area contributed by atoms with Gasteiger partial charge in [-0.2, -0.15) is 0 Å². The molecule has 3 heteroatoms. The maximum absolute atomic E-state index is 5.25. The molecule has 2 heterocycles. The lowest BCUT2D eigenvalue weighted by Gasteiger charge is -2.11. The van der Waals surface area contributed by atoms with Gasteiger partial charge < -0.3 is 15.0 Å². The molecule has 3 rings (SSSR count). The predicted octanol–water partition coefficient (Wildman–Crippen LogP) is 2.34. The smallest absolute Gasteiger partial charge is 0.119 e. The molecule has 0 fully saturated rings. The van der Waals surface area contributed by atoms with E-state index < -0.39 is 0 Å². The Balaban J connectivity index is 2.00. The van der Waals surface area contributed by atoms with Crippen LogP contribution in [-0.2, 0) is 13.0 Å². The van der Waals surface area contributed by atoms with Crippen molar-refractivity contribution in [3.8, 4) is 17.0 Å². The standard InChI is InChI=1S/C14H16N2O/c1-17-12-4-2-3-10(7-12)14-8-11-9-15-6-5-13(11)16-14/h2-4,7-8,15-16H,5-6,9H2,1H3. The zero-order chi connectivity index (χ0) is 11.7. The number of aromatic amines is 1. The van der Waals surface area contributed by atoms with E-state index in [1.807, 2.05) is 12.1 Å². The van der Waals surface area contributed by atoms with Crippen LogP contribution < -0.4 is 10.1 Å². The van der Waals surface area contributed by atoms with E-state index in [1.54, 1.807) is 7.11 Å². The number of hydrogen-bond acceptors (Lipinski definition) is 2. The summed E-state index contributed by atoms with van der Waals surface area (Å²) >= 11 is 0. The van der Waals surface area contributed by atoms with Crippen LogP contribution in [0.3, 0.4) is 0 Å². The first kappa shape index (κ1) is 10.4. The third kappa shape index (κ3) is 1.94. The quantitative estimate of drug-likeness (QED) is 0.827. The van der Waals surface area contributed by atoms with Crippen molar-refractivity contribution in [1.29, 1.82) is 0 Å². The van der Waals surface area contributed by atoms with Crippen molar-refractivity contribution in [2.45, 2.75) is 13.0 Å². The van der Waals surface area contributed by atoms with Gasteiger partial charge in [0.1, 0.15) is 5.75 Å². The molecule has 3 nitrogen and oxygen atoms in total. The predicted molar refractivity (Wildman–Crippen MR) is 68.2 cm³/mol. The molecule has 0 bridgehead atoms. The van der Waals surface area contributed by atoms with Crippen LogP contribution >= 0.6 is 0 Å². The molecule has 2 N–H and O–H groups in total. The Morgan fingerprint density at radius 3 is 3.00 bits per heavy atom. The zero-order valence-electron chi connectivity index (χ0n) is 9.92. The number of ether oxygens (including phenoxy) is 1. The van der Waals surface area contributed by atoms with E-state index in [2.05, 4.69) is 28.5 Å². The minimum Gasteiger partial charge on any atom is -0.497 e. The number of H-pyrrole nitrogens is 1. The first-order valence-corrected chi connectivity index (χ1v) is 5.93. The molecule has 0 radical (unpaired) electrons. The van der Waals surface area contributed by atoms with Crippen molar-refractivity contribution in [3.63, 3.8) is 0 Å². The van der Waals surface area contributed by atoms with Crippen LogP contribution in [0, 0.1) is 0 Å². The third-order valence-corrected chi connectivity index (χ3v) is 3.24. The van der Waals surface area contributed by atoms with Crippen LogP contribution in [0.25, 0.3) is 11.3 Å². The highest BCUT2D eigenvalue weighted by Crippen LogP contribution is 2.26. The first-order valence-electron chi connectivity index (χ1n) is 5.93. The molecule has 0 saturated carbocycles. The maximum Gasteiger partial charge on any atom is 0.119 e. The molecule has 17 heavy (non-hydrogen) atoms. The summed E-state index contributed by atoms with van der Waals surface area (Å²) in [7, 11) is 1.70. The Labute approximate surface area is 101 Å². The minimum absolute atomic E-state index is 0.896. The van der Waals surface area contributed by atoms with Crippen LogP contribution in [0.2, 0.25) is 0 Å². The van der Waals surface area contributed by atoms with Crippen molar-refractivity contribution in [2.24, 2.45) is 0 Å². The van der Waals surface area contributed by atoms with Gasteiger partial charge in [-0.3, -0.25) is 0 Å². The fraction of sp³-hybridized carbons (Fsp3) is 0.286. The second kappa shape index (κ2) is 4.26. The van der Waals surface area contributed by atoms with E-state index in [0.29, 0.717) is 0 Å². The Bertz CT molecular complexity index is 507. The van der Waals surface area contributed by atoms with Gasteiger partial charge in [-0.1, -0.05) is 12.1 Å². The largest absolute Gasteiger partial charge is 0.497 e. The summed E-state index contributed by atoms with van der Waals surface area (Å²) in [6.07, 6.45) is 1.08. The van der Waals surface area contributed by atoms with Gasteiger partial charge in [0.15, 0.2) is 0 Å². The van der Waals surface area contributed by atoms with E-state index in [-0.39, 0.29) is 0 Å². The molecule has 0 amide bonds. The zero-order valence-corrected chi connectivity index (χ0v) is 9.92. The number of methoxy groups -OCH3 is 1. The minimum atomic E-state index is 0.896. The Hall–Kier alpha value is -1.74. The summed E-state index contributed by atoms with van der Waals surface area (Å²) in [5.74, 6) is 0.896. The molecule has 88 valence electrons. The molecule has 0 atom stereocenters. The van der Waals surface area contributed by atoms with E-state index in [4.69, 9.17) is 4.74 Å². The number of hydrogen-bond donors (Lipinski definition) is 2. The van der Waals surface area contributed by atoms with Crippen LogP contribution in [0.5, 0.6) is 5.75 Å². The highest BCUT2D eigenvalue weighted by atomic mass is 16.5. The molecular formula is C14H16N2O. The second-order valence-electron chi connectivity index (χ2n) is 4.35. The number of aromatic nitrogens is 1. The van der Waals surface area contributed by atoms with Crippen molar-refractivity contribution in [3.05, 3.63) is 41.6 Å². The van der Waals surface area contributed by atoms with Gasteiger partial charge in [-0.15, -0.1) is 0 Å². The Morgan fingerprint density at radius 2 is 2.18 bits per heavy atom. The lowest BCUT2D eigenvalue weighted by molar-refractivity contribution is 0.415. The van der Waals surface area contributed by atoms with Gasteiger partial charge in [0.05, 0.1) is 7.11 Å². The monoisotopic (exact) mass is 228 g/mol. The average Bonchev–Trinajstić information content (AvgIpc) is 2.82. The fourth-order valence-electron chi connectivity index (χ4n) is 2.30. The molecule has 1 aliphatic heterocycles. The summed E-state index contributed by atoms with van der Waals surface area (Å²) < 4.78 is 5.25. The SMILES string of the molecule is COc1cccc(-c2cc3c([nH]2)CCNC3)c1. The highest BCUT2D eigenvalue weighted by Gasteiger charge is 2.12. The average molecular weight is 228 g/mol. The highest BCUT2D eigenvalue weighted by molar-refractivity contribution is 5.63. The summed E-state index contributed by atoms with van der Waals surface area (Å²) in [5.41, 5.74) is 5.10. The molecule has 0 aliphatic carbocycles. The molecule has 2 aromatic rings.